The molecule has 9 nitrogen and oxygen atoms in total. The van der Waals surface area contributed by atoms with Gasteiger partial charge in [-0.25, -0.2) is 9.69 Å². The second-order valence-electron chi connectivity index (χ2n) is 8.43. The molecule has 1 aliphatic rings. The molecule has 0 aliphatic carbocycles. The number of rotatable bonds is 8. The molecule has 4 amide bonds. The molecule has 0 unspecified atom stereocenters. The average molecular weight is 538 g/mol. The summed E-state index contributed by atoms with van der Waals surface area (Å²) in [5.74, 6) is -0.206. The van der Waals surface area contributed by atoms with Gasteiger partial charge in [0.15, 0.2) is 0 Å². The van der Waals surface area contributed by atoms with Crippen LogP contribution in [0.5, 0.6) is 17.2 Å². The van der Waals surface area contributed by atoms with Crippen LogP contribution in [0.2, 0.25) is 5.02 Å². The molecule has 4 rings (SSSR count). The third-order valence-corrected chi connectivity index (χ3v) is 6.27. The number of benzene rings is 2. The molecule has 0 bridgehead atoms. The van der Waals surface area contributed by atoms with Crippen LogP contribution in [0.25, 0.3) is 11.8 Å². The number of hydrogen-bond donors (Lipinski definition) is 1. The van der Waals surface area contributed by atoms with E-state index in [4.69, 9.17) is 25.8 Å². The Morgan fingerprint density at radius 2 is 1.63 bits per heavy atom. The first-order valence-electron chi connectivity index (χ1n) is 12.0. The number of aromatic nitrogens is 1. The lowest BCUT2D eigenvalue weighted by Crippen LogP contribution is -2.54. The van der Waals surface area contributed by atoms with Crippen LogP contribution in [0.3, 0.4) is 0 Å². The van der Waals surface area contributed by atoms with Gasteiger partial charge in [-0.1, -0.05) is 11.6 Å². The van der Waals surface area contributed by atoms with E-state index in [0.29, 0.717) is 46.7 Å². The van der Waals surface area contributed by atoms with Gasteiger partial charge in [-0.2, -0.15) is 0 Å². The van der Waals surface area contributed by atoms with E-state index in [1.807, 2.05) is 31.4 Å². The molecule has 3 aromatic rings. The lowest BCUT2D eigenvalue weighted by molar-refractivity contribution is -0.122. The van der Waals surface area contributed by atoms with E-state index in [1.54, 1.807) is 44.4 Å². The number of barbiturate groups is 1. The zero-order valence-electron chi connectivity index (χ0n) is 21.8. The van der Waals surface area contributed by atoms with E-state index in [2.05, 4.69) is 5.32 Å². The molecule has 1 N–H and O–H groups in total. The topological polar surface area (TPSA) is 99.1 Å². The normalized spacial score (nSPS) is 14.6. The zero-order chi connectivity index (χ0) is 27.6. The van der Waals surface area contributed by atoms with Crippen molar-refractivity contribution in [1.29, 1.82) is 0 Å². The Morgan fingerprint density at radius 1 is 0.921 bits per heavy atom. The van der Waals surface area contributed by atoms with Crippen LogP contribution in [0, 0.1) is 13.8 Å². The van der Waals surface area contributed by atoms with Crippen molar-refractivity contribution < 1.29 is 28.6 Å². The van der Waals surface area contributed by atoms with Crippen LogP contribution >= 0.6 is 11.6 Å². The number of carbonyl (C=O) groups is 3. The molecule has 1 saturated heterocycles. The number of nitrogens with one attached hydrogen (secondary N) is 1. The van der Waals surface area contributed by atoms with E-state index in [1.165, 1.54) is 12.1 Å². The highest BCUT2D eigenvalue weighted by Crippen LogP contribution is 2.36. The van der Waals surface area contributed by atoms with Gasteiger partial charge in [-0.05, 0) is 75.7 Å². The Hall–Kier alpha value is -4.24. The number of carbonyl (C=O) groups excluding carboxylic acids is 3. The molecule has 198 valence electrons. The predicted octanol–water partition coefficient (Wildman–Crippen LogP) is 5.22. The van der Waals surface area contributed by atoms with Gasteiger partial charge in [0.1, 0.15) is 22.8 Å². The van der Waals surface area contributed by atoms with Gasteiger partial charge in [-0.3, -0.25) is 14.9 Å². The number of ether oxygens (including phenoxy) is 3. The molecular formula is C28H28ClN3O6. The van der Waals surface area contributed by atoms with Gasteiger partial charge in [0, 0.05) is 22.5 Å². The summed E-state index contributed by atoms with van der Waals surface area (Å²) in [4.78, 5) is 40.2. The Labute approximate surface area is 225 Å². The molecule has 38 heavy (non-hydrogen) atoms. The molecule has 10 heteroatoms. The number of halogens is 1. The Bertz CT molecular complexity index is 1460. The summed E-state index contributed by atoms with van der Waals surface area (Å²) in [5.41, 5.74) is 2.87. The highest BCUT2D eigenvalue weighted by molar-refractivity contribution is 6.39. The largest absolute Gasteiger partial charge is 0.495 e. The van der Waals surface area contributed by atoms with Crippen LogP contribution in [0.15, 0.2) is 48.0 Å². The fourth-order valence-corrected chi connectivity index (χ4v) is 4.55. The number of imide groups is 2. The minimum Gasteiger partial charge on any atom is -0.495 e. The standard InChI is InChI=1S/C28H28ClN3O6/c1-6-37-20-9-11-25(38-7-2)23(15-20)32-27(34)21(26(33)30-28(32)35)13-18-12-16(3)31(17(18)4)22-14-19(29)8-10-24(22)36-5/h8-15H,6-7H2,1-5H3,(H,30,33,35)/b21-13+. The SMILES string of the molecule is CCOc1ccc(OCC)c(N2C(=O)NC(=O)/C(=C\c3cc(C)n(-c4cc(Cl)ccc4OC)c3C)C2=O)c1. The van der Waals surface area contributed by atoms with Crippen molar-refractivity contribution in [1.82, 2.24) is 9.88 Å². The summed E-state index contributed by atoms with van der Waals surface area (Å²) in [6.45, 7) is 8.06. The smallest absolute Gasteiger partial charge is 0.336 e. The second kappa shape index (κ2) is 11.0. The average Bonchev–Trinajstić information content (AvgIpc) is 3.15. The monoisotopic (exact) mass is 537 g/mol. The Kier molecular flexibility index (Phi) is 7.78. The van der Waals surface area contributed by atoms with Gasteiger partial charge in [0.2, 0.25) is 0 Å². The highest BCUT2D eigenvalue weighted by atomic mass is 35.5. The molecule has 1 aliphatic heterocycles. The van der Waals surface area contributed by atoms with Gasteiger partial charge in [0.25, 0.3) is 11.8 Å². The summed E-state index contributed by atoms with van der Waals surface area (Å²) in [6.07, 6.45) is 1.47. The predicted molar refractivity (Wildman–Crippen MR) is 145 cm³/mol. The number of hydrogen-bond acceptors (Lipinski definition) is 6. The first-order valence-corrected chi connectivity index (χ1v) is 12.4. The zero-order valence-corrected chi connectivity index (χ0v) is 22.5. The molecule has 0 saturated carbocycles. The summed E-state index contributed by atoms with van der Waals surface area (Å²) < 4.78 is 18.6. The Morgan fingerprint density at radius 3 is 2.32 bits per heavy atom. The number of anilines is 1. The van der Waals surface area contributed by atoms with Crippen molar-refractivity contribution >= 4 is 41.2 Å². The molecular weight excluding hydrogens is 510 g/mol. The van der Waals surface area contributed by atoms with E-state index in [9.17, 15) is 14.4 Å². The third kappa shape index (κ3) is 4.97. The summed E-state index contributed by atoms with van der Waals surface area (Å²) in [6, 6.07) is 11.1. The van der Waals surface area contributed by atoms with Gasteiger partial charge in [-0.15, -0.1) is 0 Å². The van der Waals surface area contributed by atoms with Gasteiger partial charge < -0.3 is 18.8 Å². The van der Waals surface area contributed by atoms with Crippen LogP contribution in [0.4, 0.5) is 10.5 Å². The fraction of sp³-hybridized carbons (Fsp3) is 0.250. The fourth-order valence-electron chi connectivity index (χ4n) is 4.38. The minimum atomic E-state index is -0.874. The lowest BCUT2D eigenvalue weighted by atomic mass is 10.1. The molecule has 0 radical (unpaired) electrons. The van der Waals surface area contributed by atoms with Crippen LogP contribution < -0.4 is 24.4 Å². The number of amides is 4. The number of methoxy groups -OCH3 is 1. The van der Waals surface area contributed by atoms with Crippen molar-refractivity contribution in [3.8, 4) is 22.9 Å². The van der Waals surface area contributed by atoms with Crippen LogP contribution in [-0.4, -0.2) is 42.7 Å². The van der Waals surface area contributed by atoms with Gasteiger partial charge in [0.05, 0.1) is 31.7 Å². The number of nitrogens with zero attached hydrogens (tertiary/aromatic N) is 2. The van der Waals surface area contributed by atoms with Crippen LogP contribution in [0.1, 0.15) is 30.8 Å². The highest BCUT2D eigenvalue weighted by Gasteiger charge is 2.38. The van der Waals surface area contributed by atoms with E-state index >= 15 is 0 Å². The molecule has 0 atom stereocenters. The maximum atomic E-state index is 13.6. The van der Waals surface area contributed by atoms with E-state index in [0.717, 1.165) is 16.3 Å². The summed E-state index contributed by atoms with van der Waals surface area (Å²) in [5, 5.41) is 2.80. The van der Waals surface area contributed by atoms with Crippen LogP contribution in [-0.2, 0) is 9.59 Å². The van der Waals surface area contributed by atoms with E-state index < -0.39 is 17.8 Å². The van der Waals surface area contributed by atoms with Gasteiger partial charge >= 0.3 is 6.03 Å². The summed E-state index contributed by atoms with van der Waals surface area (Å²) >= 11 is 6.25. The molecule has 1 aromatic heterocycles. The molecule has 2 aromatic carbocycles. The third-order valence-electron chi connectivity index (χ3n) is 6.04. The van der Waals surface area contributed by atoms with E-state index in [-0.39, 0.29) is 11.3 Å². The maximum Gasteiger partial charge on any atom is 0.336 e. The molecule has 0 spiro atoms. The number of urea groups is 1. The quantitative estimate of drug-likeness (QED) is 0.312. The number of aryl methyl sites for hydroxylation is 1. The van der Waals surface area contributed by atoms with Crippen molar-refractivity contribution in [3.05, 3.63) is 70.0 Å². The molecule has 1 fully saturated rings. The second-order valence-corrected chi connectivity index (χ2v) is 8.87. The van der Waals surface area contributed by atoms with Crippen molar-refractivity contribution in [2.45, 2.75) is 27.7 Å². The first kappa shape index (κ1) is 26.8. The van der Waals surface area contributed by atoms with Crippen molar-refractivity contribution in [2.75, 3.05) is 25.2 Å². The molecule has 2 heterocycles. The Balaban J connectivity index is 1.80. The minimum absolute atomic E-state index is 0.174. The lowest BCUT2D eigenvalue weighted by Gasteiger charge is -2.28. The summed E-state index contributed by atoms with van der Waals surface area (Å²) in [7, 11) is 1.57. The van der Waals surface area contributed by atoms with Crippen molar-refractivity contribution in [2.24, 2.45) is 0 Å². The maximum absolute atomic E-state index is 13.6. The van der Waals surface area contributed by atoms with Crippen molar-refractivity contribution in [3.63, 3.8) is 0 Å². The first-order chi connectivity index (χ1) is 18.2.